The highest BCUT2D eigenvalue weighted by molar-refractivity contribution is 6.09. The third-order valence-corrected chi connectivity index (χ3v) is 9.42. The summed E-state index contributed by atoms with van der Waals surface area (Å²) in [6, 6.07) is 34.6. The van der Waals surface area contributed by atoms with E-state index < -0.39 is 0 Å². The average molecular weight is 633 g/mol. The van der Waals surface area contributed by atoms with Crippen LogP contribution < -0.4 is 4.74 Å². The molecule has 0 aliphatic rings. The van der Waals surface area contributed by atoms with E-state index in [4.69, 9.17) is 14.8 Å². The summed E-state index contributed by atoms with van der Waals surface area (Å²) in [5.74, 6) is 2.81. The highest BCUT2D eigenvalue weighted by Crippen LogP contribution is 2.37. The number of benzene rings is 4. The van der Waals surface area contributed by atoms with Crippen LogP contribution >= 0.6 is 0 Å². The maximum atomic E-state index is 6.73. The summed E-state index contributed by atoms with van der Waals surface area (Å²) in [6.07, 6.45) is 6.67. The highest BCUT2D eigenvalue weighted by Gasteiger charge is 2.18. The maximum Gasteiger partial charge on any atom is 0.137 e. The quantitative estimate of drug-likeness (QED) is 0.141. The molecule has 0 atom stereocenters. The molecule has 3 heterocycles. The molecule has 0 N–H and O–H groups in total. The van der Waals surface area contributed by atoms with E-state index in [1.54, 1.807) is 0 Å². The van der Waals surface area contributed by atoms with E-state index in [-0.39, 0.29) is 0 Å². The number of aromatic nitrogens is 4. The molecule has 242 valence electrons. The largest absolute Gasteiger partial charge is 0.457 e. The van der Waals surface area contributed by atoms with E-state index in [2.05, 4.69) is 142 Å². The molecule has 0 spiro atoms. The molecular formula is C43H44N4O. The zero-order valence-electron chi connectivity index (χ0n) is 28.9. The van der Waals surface area contributed by atoms with Gasteiger partial charge in [0.2, 0.25) is 0 Å². The van der Waals surface area contributed by atoms with Gasteiger partial charge in [-0.2, -0.15) is 5.10 Å². The van der Waals surface area contributed by atoms with E-state index in [1.165, 1.54) is 57.9 Å². The molecule has 7 aromatic rings. The van der Waals surface area contributed by atoms with Crippen LogP contribution in [0.5, 0.6) is 11.5 Å². The second kappa shape index (κ2) is 13.2. The van der Waals surface area contributed by atoms with Crippen molar-refractivity contribution >= 4 is 21.8 Å². The fourth-order valence-corrected chi connectivity index (χ4v) is 6.91. The third-order valence-electron chi connectivity index (χ3n) is 9.42. The van der Waals surface area contributed by atoms with Crippen LogP contribution in [0.2, 0.25) is 0 Å². The van der Waals surface area contributed by atoms with E-state index in [9.17, 15) is 0 Å². The Morgan fingerprint density at radius 2 is 1.58 bits per heavy atom. The number of fused-ring (bicyclic) bond motifs is 3. The van der Waals surface area contributed by atoms with Crippen LogP contribution in [0, 0.1) is 20.8 Å². The van der Waals surface area contributed by atoms with Crippen LogP contribution in [-0.4, -0.2) is 19.3 Å². The van der Waals surface area contributed by atoms with Gasteiger partial charge < -0.3 is 4.74 Å². The van der Waals surface area contributed by atoms with Gasteiger partial charge in [-0.1, -0.05) is 70.0 Å². The van der Waals surface area contributed by atoms with Gasteiger partial charge in [-0.15, -0.1) is 0 Å². The average Bonchev–Trinajstić information content (AvgIpc) is 3.57. The van der Waals surface area contributed by atoms with E-state index >= 15 is 0 Å². The predicted octanol–water partition coefficient (Wildman–Crippen LogP) is 11.6. The van der Waals surface area contributed by atoms with Crippen molar-refractivity contribution in [1.82, 2.24) is 19.3 Å². The zero-order valence-corrected chi connectivity index (χ0v) is 28.9. The number of unbranched alkanes of at least 4 members (excludes halogenated alkanes) is 2. The summed E-state index contributed by atoms with van der Waals surface area (Å²) in [4.78, 5) is 4.81. The SMILES string of the molecule is CCCCCc1ccc2c(c1)c1ccc(Oc3cc(C(C)C)cc(-n4nc(C)c(-c5ccccc5)c4C)c3)cc1n2-c1cc(C)ccn1. The summed E-state index contributed by atoms with van der Waals surface area (Å²) in [7, 11) is 0. The second-order valence-corrected chi connectivity index (χ2v) is 13.4. The predicted molar refractivity (Wildman–Crippen MR) is 199 cm³/mol. The van der Waals surface area contributed by atoms with Crippen molar-refractivity contribution in [2.24, 2.45) is 0 Å². The van der Waals surface area contributed by atoms with Crippen LogP contribution in [0.3, 0.4) is 0 Å². The first-order valence-corrected chi connectivity index (χ1v) is 17.3. The van der Waals surface area contributed by atoms with Crippen LogP contribution in [0.4, 0.5) is 0 Å². The van der Waals surface area contributed by atoms with Crippen molar-refractivity contribution in [2.45, 2.75) is 73.1 Å². The molecule has 5 heteroatoms. The van der Waals surface area contributed by atoms with Gasteiger partial charge in [-0.05, 0) is 110 Å². The number of pyridine rings is 1. The first-order chi connectivity index (χ1) is 23.3. The standard InChI is InChI=1S/C43H44N4O/c1-7-8-10-13-32-16-19-40-39(23-32)38-18-17-36(27-41(38)46(40)42-22-29(4)20-21-44-42)48-37-25-34(28(2)3)24-35(26-37)47-31(6)43(30(5)45-47)33-14-11-9-12-15-33/h9,11-12,14-28H,7-8,10,13H2,1-6H3. The van der Waals surface area contributed by atoms with Crippen LogP contribution in [-0.2, 0) is 6.42 Å². The molecule has 0 saturated carbocycles. The van der Waals surface area contributed by atoms with Crippen LogP contribution in [0.1, 0.15) is 74.0 Å². The first kappa shape index (κ1) is 31.4. The van der Waals surface area contributed by atoms with Crippen molar-refractivity contribution in [2.75, 3.05) is 0 Å². The van der Waals surface area contributed by atoms with Crippen molar-refractivity contribution in [3.05, 3.63) is 131 Å². The lowest BCUT2D eigenvalue weighted by Crippen LogP contribution is -2.02. The van der Waals surface area contributed by atoms with E-state index in [0.29, 0.717) is 5.92 Å². The maximum absolute atomic E-state index is 6.73. The molecular weight excluding hydrogens is 589 g/mol. The number of rotatable bonds is 10. The fourth-order valence-electron chi connectivity index (χ4n) is 6.91. The molecule has 0 fully saturated rings. The van der Waals surface area contributed by atoms with Crippen molar-refractivity contribution in [3.63, 3.8) is 0 Å². The fraction of sp³-hybridized carbons (Fsp3) is 0.256. The Kier molecular flexibility index (Phi) is 8.62. The summed E-state index contributed by atoms with van der Waals surface area (Å²) < 4.78 is 11.1. The Balaban J connectivity index is 1.32. The molecule has 48 heavy (non-hydrogen) atoms. The van der Waals surface area contributed by atoms with E-state index in [1.807, 2.05) is 12.3 Å². The van der Waals surface area contributed by atoms with Gasteiger partial charge in [0.25, 0.3) is 0 Å². The molecule has 0 saturated heterocycles. The van der Waals surface area contributed by atoms with Crippen molar-refractivity contribution in [3.8, 4) is 34.1 Å². The van der Waals surface area contributed by atoms with Gasteiger partial charge in [0.05, 0.1) is 22.4 Å². The molecule has 0 radical (unpaired) electrons. The molecule has 4 aromatic carbocycles. The number of aryl methyl sites for hydroxylation is 3. The highest BCUT2D eigenvalue weighted by atomic mass is 16.5. The molecule has 0 amide bonds. The Labute approximate surface area is 283 Å². The first-order valence-electron chi connectivity index (χ1n) is 17.3. The Bertz CT molecular complexity index is 2240. The van der Waals surface area contributed by atoms with Gasteiger partial charge in [0.1, 0.15) is 17.3 Å². The Hall–Kier alpha value is -5.16. The molecule has 0 aliphatic carbocycles. The van der Waals surface area contributed by atoms with Crippen LogP contribution in [0.25, 0.3) is 44.4 Å². The number of hydrogen-bond acceptors (Lipinski definition) is 3. The molecule has 0 aliphatic heterocycles. The Morgan fingerprint density at radius 3 is 2.35 bits per heavy atom. The second-order valence-electron chi connectivity index (χ2n) is 13.4. The van der Waals surface area contributed by atoms with Crippen LogP contribution in [0.15, 0.2) is 103 Å². The van der Waals surface area contributed by atoms with E-state index in [0.717, 1.165) is 51.8 Å². The van der Waals surface area contributed by atoms with Gasteiger partial charge in [-0.3, -0.25) is 4.57 Å². The monoisotopic (exact) mass is 632 g/mol. The van der Waals surface area contributed by atoms with Gasteiger partial charge in [0.15, 0.2) is 0 Å². The summed E-state index contributed by atoms with van der Waals surface area (Å²) in [6.45, 7) is 13.0. The molecule has 3 aromatic heterocycles. The number of nitrogens with zero attached hydrogens (tertiary/aromatic N) is 4. The van der Waals surface area contributed by atoms with Crippen molar-refractivity contribution < 1.29 is 4.74 Å². The lowest BCUT2D eigenvalue weighted by Gasteiger charge is -2.15. The minimum Gasteiger partial charge on any atom is -0.457 e. The zero-order chi connectivity index (χ0) is 33.4. The van der Waals surface area contributed by atoms with Gasteiger partial charge in [-0.25, -0.2) is 9.67 Å². The topological polar surface area (TPSA) is 44.9 Å². The summed E-state index contributed by atoms with van der Waals surface area (Å²) >= 11 is 0. The minimum atomic E-state index is 0.321. The smallest absolute Gasteiger partial charge is 0.137 e. The number of hydrogen-bond donors (Lipinski definition) is 0. The lowest BCUT2D eigenvalue weighted by atomic mass is 10.0. The Morgan fingerprint density at radius 1 is 0.750 bits per heavy atom. The molecule has 5 nitrogen and oxygen atoms in total. The molecule has 7 rings (SSSR count). The van der Waals surface area contributed by atoms with Gasteiger partial charge in [0, 0.05) is 40.4 Å². The van der Waals surface area contributed by atoms with Crippen molar-refractivity contribution in [1.29, 1.82) is 0 Å². The molecule has 0 bridgehead atoms. The third kappa shape index (κ3) is 6.01. The normalized spacial score (nSPS) is 11.6. The van der Waals surface area contributed by atoms with Gasteiger partial charge >= 0.3 is 0 Å². The molecule has 0 unspecified atom stereocenters. The summed E-state index contributed by atoms with van der Waals surface area (Å²) in [5.41, 5.74) is 11.4. The number of ether oxygens (including phenoxy) is 1. The summed E-state index contributed by atoms with van der Waals surface area (Å²) in [5, 5.41) is 7.45. The lowest BCUT2D eigenvalue weighted by molar-refractivity contribution is 0.481. The minimum absolute atomic E-state index is 0.321.